The number of benzene rings is 1. The molecule has 0 radical (unpaired) electrons. The van der Waals surface area contributed by atoms with Crippen molar-refractivity contribution in [3.05, 3.63) is 23.8 Å². The lowest BCUT2D eigenvalue weighted by molar-refractivity contribution is 0.378. The Labute approximate surface area is 102 Å². The van der Waals surface area contributed by atoms with Gasteiger partial charge in [-0.3, -0.25) is 0 Å². The van der Waals surface area contributed by atoms with E-state index in [0.29, 0.717) is 10.6 Å². The Balaban J connectivity index is 2.23. The van der Waals surface area contributed by atoms with Crippen molar-refractivity contribution in [1.82, 2.24) is 5.32 Å². The second-order valence-corrected chi connectivity index (χ2v) is 6.47. The van der Waals surface area contributed by atoms with Crippen molar-refractivity contribution in [2.45, 2.75) is 11.8 Å². The Kier molecular flexibility index (Phi) is 3.40. The number of nitrogens with one attached hydrogen (secondary N) is 1. The molecule has 0 unspecified atom stereocenters. The molecule has 0 amide bonds. The minimum absolute atomic E-state index is 0.228. The Morgan fingerprint density at radius 2 is 2.12 bits per heavy atom. The van der Waals surface area contributed by atoms with Gasteiger partial charge >= 0.3 is 0 Å². The zero-order valence-corrected chi connectivity index (χ0v) is 10.9. The smallest absolute Gasteiger partial charge is 0.178 e. The van der Waals surface area contributed by atoms with Crippen LogP contribution in [0.3, 0.4) is 0 Å². The molecule has 5 heteroatoms. The van der Waals surface area contributed by atoms with Crippen LogP contribution in [0.1, 0.15) is 5.56 Å². The van der Waals surface area contributed by atoms with Crippen LogP contribution in [0, 0.1) is 12.8 Å². The summed E-state index contributed by atoms with van der Waals surface area (Å²) in [5.41, 5.74) is 0.848. The quantitative estimate of drug-likeness (QED) is 0.872. The summed E-state index contributed by atoms with van der Waals surface area (Å²) in [7, 11) is -1.58. The normalized spacial score (nSPS) is 16.6. The van der Waals surface area contributed by atoms with Crippen molar-refractivity contribution >= 4 is 9.84 Å². The van der Waals surface area contributed by atoms with Crippen molar-refractivity contribution in [3.8, 4) is 5.75 Å². The van der Waals surface area contributed by atoms with Gasteiger partial charge in [0.1, 0.15) is 5.75 Å². The Morgan fingerprint density at radius 3 is 2.59 bits per heavy atom. The van der Waals surface area contributed by atoms with E-state index in [9.17, 15) is 8.42 Å². The van der Waals surface area contributed by atoms with Crippen LogP contribution in [-0.4, -0.2) is 34.4 Å². The third kappa shape index (κ3) is 2.61. The molecule has 1 heterocycles. The van der Waals surface area contributed by atoms with Crippen LogP contribution in [-0.2, 0) is 9.84 Å². The number of hydrogen-bond acceptors (Lipinski definition) is 4. The lowest BCUT2D eigenvalue weighted by Gasteiger charge is -2.26. The maximum absolute atomic E-state index is 12.1. The molecule has 1 aromatic carbocycles. The zero-order valence-electron chi connectivity index (χ0n) is 10.1. The molecule has 2 rings (SSSR count). The summed E-state index contributed by atoms with van der Waals surface area (Å²) in [4.78, 5) is 0.391. The molecule has 1 aromatic rings. The van der Waals surface area contributed by atoms with E-state index < -0.39 is 9.84 Å². The van der Waals surface area contributed by atoms with Gasteiger partial charge in [-0.1, -0.05) is 0 Å². The average Bonchev–Trinajstić information content (AvgIpc) is 2.23. The van der Waals surface area contributed by atoms with Crippen LogP contribution in [0.15, 0.2) is 23.1 Å². The highest BCUT2D eigenvalue weighted by Gasteiger charge is 2.25. The highest BCUT2D eigenvalue weighted by Crippen LogP contribution is 2.23. The molecular formula is C12H17NO3S. The van der Waals surface area contributed by atoms with Gasteiger partial charge in [0.05, 0.1) is 17.8 Å². The molecule has 17 heavy (non-hydrogen) atoms. The number of methoxy groups -OCH3 is 1. The van der Waals surface area contributed by atoms with E-state index in [1.807, 2.05) is 6.92 Å². The SMILES string of the molecule is COc1ccc(S(=O)(=O)CC2CNC2)cc1C. The van der Waals surface area contributed by atoms with Gasteiger partial charge in [-0.05, 0) is 36.6 Å². The van der Waals surface area contributed by atoms with Gasteiger partial charge in [0.15, 0.2) is 9.84 Å². The van der Waals surface area contributed by atoms with E-state index >= 15 is 0 Å². The van der Waals surface area contributed by atoms with E-state index in [-0.39, 0.29) is 11.7 Å². The van der Waals surface area contributed by atoms with Crippen LogP contribution >= 0.6 is 0 Å². The van der Waals surface area contributed by atoms with Crippen LogP contribution in [0.2, 0.25) is 0 Å². The molecule has 94 valence electrons. The first-order chi connectivity index (χ1) is 8.03. The molecule has 0 atom stereocenters. The first-order valence-corrected chi connectivity index (χ1v) is 7.26. The first-order valence-electron chi connectivity index (χ1n) is 5.61. The molecule has 1 saturated heterocycles. The molecule has 1 aliphatic rings. The van der Waals surface area contributed by atoms with Gasteiger partial charge in [0, 0.05) is 13.1 Å². The summed E-state index contributed by atoms with van der Waals surface area (Å²) < 4.78 is 29.4. The monoisotopic (exact) mass is 255 g/mol. The predicted octanol–water partition coefficient (Wildman–Crippen LogP) is 0.997. The minimum Gasteiger partial charge on any atom is -0.496 e. The number of sulfone groups is 1. The molecule has 0 bridgehead atoms. The van der Waals surface area contributed by atoms with E-state index in [0.717, 1.165) is 18.7 Å². The van der Waals surface area contributed by atoms with Gasteiger partial charge in [0.25, 0.3) is 0 Å². The van der Waals surface area contributed by atoms with E-state index in [4.69, 9.17) is 4.74 Å². The van der Waals surface area contributed by atoms with E-state index in [1.54, 1.807) is 25.3 Å². The van der Waals surface area contributed by atoms with Crippen molar-refractivity contribution in [2.75, 3.05) is 26.0 Å². The fraction of sp³-hybridized carbons (Fsp3) is 0.500. The molecule has 1 fully saturated rings. The molecular weight excluding hydrogens is 238 g/mol. The highest BCUT2D eigenvalue weighted by molar-refractivity contribution is 7.91. The summed E-state index contributed by atoms with van der Waals surface area (Å²) in [6.45, 7) is 3.45. The van der Waals surface area contributed by atoms with Gasteiger partial charge < -0.3 is 10.1 Å². The van der Waals surface area contributed by atoms with Crippen LogP contribution < -0.4 is 10.1 Å². The topological polar surface area (TPSA) is 55.4 Å². The molecule has 1 N–H and O–H groups in total. The van der Waals surface area contributed by atoms with Crippen LogP contribution in [0.25, 0.3) is 0 Å². The maximum atomic E-state index is 12.1. The molecule has 0 saturated carbocycles. The maximum Gasteiger partial charge on any atom is 0.178 e. The number of hydrogen-bond donors (Lipinski definition) is 1. The molecule has 0 spiro atoms. The summed E-state index contributed by atoms with van der Waals surface area (Å²) in [6.07, 6.45) is 0. The largest absolute Gasteiger partial charge is 0.496 e. The number of rotatable bonds is 4. The van der Waals surface area contributed by atoms with Crippen molar-refractivity contribution in [1.29, 1.82) is 0 Å². The molecule has 0 aliphatic carbocycles. The minimum atomic E-state index is -3.16. The van der Waals surface area contributed by atoms with Gasteiger partial charge in [-0.25, -0.2) is 8.42 Å². The van der Waals surface area contributed by atoms with Gasteiger partial charge in [0.2, 0.25) is 0 Å². The van der Waals surface area contributed by atoms with E-state index in [2.05, 4.69) is 5.32 Å². The van der Waals surface area contributed by atoms with Crippen molar-refractivity contribution in [2.24, 2.45) is 5.92 Å². The van der Waals surface area contributed by atoms with Gasteiger partial charge in [-0.2, -0.15) is 0 Å². The highest BCUT2D eigenvalue weighted by atomic mass is 32.2. The standard InChI is InChI=1S/C12H17NO3S/c1-9-5-11(3-4-12(9)16-2)17(14,15)8-10-6-13-7-10/h3-5,10,13H,6-8H2,1-2H3. The van der Waals surface area contributed by atoms with Crippen molar-refractivity contribution in [3.63, 3.8) is 0 Å². The molecule has 4 nitrogen and oxygen atoms in total. The lowest BCUT2D eigenvalue weighted by Crippen LogP contribution is -2.45. The summed E-state index contributed by atoms with van der Waals surface area (Å²) in [6, 6.07) is 5.01. The predicted molar refractivity (Wildman–Crippen MR) is 66.1 cm³/mol. The summed E-state index contributed by atoms with van der Waals surface area (Å²) in [5, 5.41) is 3.08. The summed E-state index contributed by atoms with van der Waals surface area (Å²) >= 11 is 0. The fourth-order valence-electron chi connectivity index (χ4n) is 1.92. The second-order valence-electron chi connectivity index (χ2n) is 4.44. The van der Waals surface area contributed by atoms with Crippen LogP contribution in [0.5, 0.6) is 5.75 Å². The second kappa shape index (κ2) is 4.66. The lowest BCUT2D eigenvalue weighted by atomic mass is 10.1. The first kappa shape index (κ1) is 12.4. The Hall–Kier alpha value is -1.07. The third-order valence-corrected chi connectivity index (χ3v) is 4.93. The fourth-order valence-corrected chi connectivity index (χ4v) is 3.60. The van der Waals surface area contributed by atoms with Gasteiger partial charge in [-0.15, -0.1) is 0 Å². The Bertz CT molecular complexity index is 506. The van der Waals surface area contributed by atoms with E-state index in [1.165, 1.54) is 0 Å². The van der Waals surface area contributed by atoms with Crippen molar-refractivity contribution < 1.29 is 13.2 Å². The van der Waals surface area contributed by atoms with Crippen LogP contribution in [0.4, 0.5) is 0 Å². The average molecular weight is 255 g/mol. The Morgan fingerprint density at radius 1 is 1.41 bits per heavy atom. The number of aryl methyl sites for hydroxylation is 1. The summed E-state index contributed by atoms with van der Waals surface area (Å²) in [5.74, 6) is 1.20. The molecule has 0 aromatic heterocycles. The third-order valence-electron chi connectivity index (χ3n) is 3.05. The number of ether oxygens (including phenoxy) is 1. The zero-order chi connectivity index (χ0) is 12.5. The molecule has 1 aliphatic heterocycles.